The zero-order valence-corrected chi connectivity index (χ0v) is 20.7. The maximum Gasteiger partial charge on any atom is 0.456 e. The van der Waals surface area contributed by atoms with Crippen LogP contribution in [0.3, 0.4) is 0 Å². The summed E-state index contributed by atoms with van der Waals surface area (Å²) < 4.78 is 70.7. The van der Waals surface area contributed by atoms with E-state index in [2.05, 4.69) is 0 Å². The summed E-state index contributed by atoms with van der Waals surface area (Å²) in [5.74, 6) is -6.19. The van der Waals surface area contributed by atoms with Crippen LogP contribution in [0.2, 0.25) is 0 Å². The Kier molecular flexibility index (Phi) is 6.01. The van der Waals surface area contributed by atoms with Crippen molar-refractivity contribution in [3.63, 3.8) is 0 Å². The predicted molar refractivity (Wildman–Crippen MR) is 125 cm³/mol. The summed E-state index contributed by atoms with van der Waals surface area (Å²) in [6.45, 7) is 1.46. The van der Waals surface area contributed by atoms with Crippen molar-refractivity contribution in [3.05, 3.63) is 52.6 Å². The van der Waals surface area contributed by atoms with E-state index in [0.717, 1.165) is 27.2 Å². The summed E-state index contributed by atoms with van der Waals surface area (Å²) in [5.41, 5.74) is -0.516. The molecule has 2 nitrogen and oxygen atoms in total. The number of thioether (sulfide) groups is 1. The molecule has 8 heteroatoms. The second kappa shape index (κ2) is 8.32. The Hall–Kier alpha value is -1.38. The van der Waals surface area contributed by atoms with Crippen LogP contribution in [0, 0.1) is 17.3 Å². The highest BCUT2D eigenvalue weighted by Gasteiger charge is 2.79. The number of halogens is 5. The minimum atomic E-state index is -5.82. The lowest BCUT2D eigenvalue weighted by Crippen LogP contribution is -2.65. The molecule has 1 aromatic carbocycles. The standard InChI is InChI=1S/C27H31F5O2S/c1-24-14-21(15-3-7-18(35-2)8-4-15)23-19-10-6-17(33)13-16(19)5-9-20(23)22(24)11-12-25(24,34)26(28,29)27(30,31)32/h3-4,7-8,13,17,20-22,33-34H,5-6,9-12,14H2,1-2H3/t17?,20?,21-,22?,24+,25+/m1/s1. The zero-order chi connectivity index (χ0) is 25.4. The van der Waals surface area contributed by atoms with Crippen LogP contribution in [0.1, 0.15) is 63.4 Å². The Balaban J connectivity index is 1.68. The summed E-state index contributed by atoms with van der Waals surface area (Å²) in [4.78, 5) is 1.04. The second-order valence-corrected chi connectivity index (χ2v) is 11.8. The highest BCUT2D eigenvalue weighted by molar-refractivity contribution is 7.98. The van der Waals surface area contributed by atoms with Gasteiger partial charge in [0.2, 0.25) is 0 Å². The third kappa shape index (κ3) is 3.57. The van der Waals surface area contributed by atoms with Crippen LogP contribution in [0.5, 0.6) is 0 Å². The van der Waals surface area contributed by atoms with Crippen LogP contribution in [0.25, 0.3) is 0 Å². The summed E-state index contributed by atoms with van der Waals surface area (Å²) >= 11 is 1.57. The normalized spacial score (nSPS) is 37.5. The first kappa shape index (κ1) is 25.3. The van der Waals surface area contributed by atoms with Crippen molar-refractivity contribution in [3.8, 4) is 0 Å². The van der Waals surface area contributed by atoms with Crippen LogP contribution in [0.4, 0.5) is 22.0 Å². The summed E-state index contributed by atoms with van der Waals surface area (Å²) in [6.07, 6.45) is -0.364. The molecule has 6 atom stereocenters. The van der Waals surface area contributed by atoms with E-state index in [9.17, 15) is 32.2 Å². The number of fused-ring (bicyclic) bond motifs is 4. The molecule has 2 fully saturated rings. The third-order valence-electron chi connectivity index (χ3n) is 9.41. The van der Waals surface area contributed by atoms with Gasteiger partial charge in [-0.1, -0.05) is 30.7 Å². The smallest absolute Gasteiger partial charge is 0.389 e. The van der Waals surface area contributed by atoms with Gasteiger partial charge in [0.25, 0.3) is 0 Å². The van der Waals surface area contributed by atoms with Crippen molar-refractivity contribution in [1.82, 2.24) is 0 Å². The molecule has 0 amide bonds. The molecule has 4 aliphatic rings. The Morgan fingerprint density at radius 2 is 1.69 bits per heavy atom. The largest absolute Gasteiger partial charge is 0.456 e. The average Bonchev–Trinajstić information content (AvgIpc) is 3.09. The van der Waals surface area contributed by atoms with Crippen LogP contribution in [-0.2, 0) is 0 Å². The molecule has 0 bridgehead atoms. The van der Waals surface area contributed by atoms with E-state index in [0.29, 0.717) is 25.7 Å². The lowest BCUT2D eigenvalue weighted by atomic mass is 9.50. The number of allylic oxidation sites excluding steroid dienone is 3. The molecule has 4 aliphatic carbocycles. The molecule has 0 radical (unpaired) electrons. The lowest BCUT2D eigenvalue weighted by Gasteiger charge is -2.56. The molecule has 35 heavy (non-hydrogen) atoms. The van der Waals surface area contributed by atoms with Gasteiger partial charge in [-0.05, 0) is 91.9 Å². The van der Waals surface area contributed by atoms with E-state index in [-0.39, 0.29) is 24.7 Å². The van der Waals surface area contributed by atoms with Crippen LogP contribution >= 0.6 is 11.8 Å². The molecule has 0 aromatic heterocycles. The van der Waals surface area contributed by atoms with Gasteiger partial charge in [0.15, 0.2) is 0 Å². The van der Waals surface area contributed by atoms with Gasteiger partial charge in [0.1, 0.15) is 5.60 Å². The van der Waals surface area contributed by atoms with Gasteiger partial charge in [0, 0.05) is 16.2 Å². The van der Waals surface area contributed by atoms with Gasteiger partial charge >= 0.3 is 12.1 Å². The Bertz CT molecular complexity index is 1060. The molecule has 0 heterocycles. The van der Waals surface area contributed by atoms with Crippen molar-refractivity contribution in [2.45, 2.75) is 86.5 Å². The number of hydrogen-bond acceptors (Lipinski definition) is 3. The molecule has 5 rings (SSSR count). The Labute approximate surface area is 206 Å². The van der Waals surface area contributed by atoms with Gasteiger partial charge < -0.3 is 10.2 Å². The number of alkyl halides is 5. The van der Waals surface area contributed by atoms with Gasteiger partial charge in [-0.15, -0.1) is 11.8 Å². The third-order valence-corrected chi connectivity index (χ3v) is 10.2. The molecular weight excluding hydrogens is 483 g/mol. The number of hydrogen-bond donors (Lipinski definition) is 2. The van der Waals surface area contributed by atoms with Crippen LogP contribution in [-0.4, -0.2) is 40.3 Å². The molecule has 3 unspecified atom stereocenters. The van der Waals surface area contributed by atoms with Gasteiger partial charge in [-0.3, -0.25) is 0 Å². The minimum Gasteiger partial charge on any atom is -0.389 e. The van der Waals surface area contributed by atoms with Crippen molar-refractivity contribution in [2.75, 3.05) is 6.26 Å². The molecule has 1 aromatic rings. The highest BCUT2D eigenvalue weighted by Crippen LogP contribution is 2.70. The van der Waals surface area contributed by atoms with Gasteiger partial charge in [0.05, 0.1) is 6.10 Å². The van der Waals surface area contributed by atoms with Gasteiger partial charge in [-0.25, -0.2) is 0 Å². The zero-order valence-electron chi connectivity index (χ0n) is 19.8. The maximum atomic E-state index is 15.0. The molecule has 2 saturated carbocycles. The number of aliphatic hydroxyl groups excluding tert-OH is 1. The maximum absolute atomic E-state index is 15.0. The molecule has 0 saturated heterocycles. The Morgan fingerprint density at radius 3 is 2.31 bits per heavy atom. The summed E-state index contributed by atoms with van der Waals surface area (Å²) in [7, 11) is 0. The fraction of sp³-hybridized carbons (Fsp3) is 0.630. The fourth-order valence-corrected chi connectivity index (χ4v) is 8.08. The molecular formula is C27H31F5O2S. The number of rotatable bonds is 3. The number of aliphatic hydroxyl groups is 2. The van der Waals surface area contributed by atoms with E-state index in [1.165, 1.54) is 6.92 Å². The summed E-state index contributed by atoms with van der Waals surface area (Å²) in [5, 5.41) is 21.5. The van der Waals surface area contributed by atoms with Gasteiger partial charge in [-0.2, -0.15) is 22.0 Å². The molecule has 2 N–H and O–H groups in total. The van der Waals surface area contributed by atoms with Crippen molar-refractivity contribution < 1.29 is 32.2 Å². The minimum absolute atomic E-state index is 0.0314. The quantitative estimate of drug-likeness (QED) is 0.336. The molecule has 0 aliphatic heterocycles. The first-order chi connectivity index (χ1) is 16.3. The average molecular weight is 515 g/mol. The summed E-state index contributed by atoms with van der Waals surface area (Å²) in [6, 6.07) is 7.78. The predicted octanol–water partition coefficient (Wildman–Crippen LogP) is 7.03. The first-order valence-corrected chi connectivity index (χ1v) is 13.5. The first-order valence-electron chi connectivity index (χ1n) is 12.3. The second-order valence-electron chi connectivity index (χ2n) is 10.9. The lowest BCUT2D eigenvalue weighted by molar-refractivity contribution is -0.362. The molecule has 0 spiro atoms. The van der Waals surface area contributed by atoms with E-state index in [4.69, 9.17) is 0 Å². The molecule has 192 valence electrons. The monoisotopic (exact) mass is 514 g/mol. The Morgan fingerprint density at radius 1 is 1.00 bits per heavy atom. The van der Waals surface area contributed by atoms with E-state index < -0.39 is 41.6 Å². The van der Waals surface area contributed by atoms with Crippen molar-refractivity contribution >= 4 is 11.8 Å². The van der Waals surface area contributed by atoms with Crippen LogP contribution in [0.15, 0.2) is 52.0 Å². The topological polar surface area (TPSA) is 40.5 Å². The van der Waals surface area contributed by atoms with E-state index in [1.54, 1.807) is 11.8 Å². The number of benzene rings is 1. The highest BCUT2D eigenvalue weighted by atomic mass is 32.2. The van der Waals surface area contributed by atoms with Crippen molar-refractivity contribution in [2.24, 2.45) is 17.3 Å². The van der Waals surface area contributed by atoms with Crippen LogP contribution < -0.4 is 0 Å². The van der Waals surface area contributed by atoms with E-state index in [1.807, 2.05) is 36.6 Å². The van der Waals surface area contributed by atoms with E-state index >= 15 is 0 Å². The van der Waals surface area contributed by atoms with Crippen molar-refractivity contribution in [1.29, 1.82) is 0 Å². The SMILES string of the molecule is CSc1ccc([C@H]2C[C@@]3(C)C(CC[C@@]3(O)C(F)(F)C(F)(F)F)C3CCC4=CC(O)CCC4=C32)cc1. The fourth-order valence-electron chi connectivity index (χ4n) is 7.67.